The van der Waals surface area contributed by atoms with E-state index in [1.54, 1.807) is 0 Å². The lowest BCUT2D eigenvalue weighted by Gasteiger charge is -2.33. The number of rotatable bonds is 4. The summed E-state index contributed by atoms with van der Waals surface area (Å²) in [7, 11) is 2.06. The number of aliphatic hydroxyl groups excluding tert-OH is 1. The van der Waals surface area contributed by atoms with Gasteiger partial charge in [0, 0.05) is 56.9 Å². The van der Waals surface area contributed by atoms with Gasteiger partial charge in [0.15, 0.2) is 5.65 Å². The highest BCUT2D eigenvalue weighted by Crippen LogP contribution is 2.36. The Morgan fingerprint density at radius 2 is 1.71 bits per heavy atom. The van der Waals surface area contributed by atoms with E-state index in [2.05, 4.69) is 22.9 Å². The SMILES string of the molecule is CN(c1nc(N2CCOCC2)c2ccc(-c3ccc4c(c3)C(O)CCO4)nc2n1)C1CCOCC1. The van der Waals surface area contributed by atoms with Gasteiger partial charge in [0.1, 0.15) is 11.6 Å². The number of morpholine rings is 1. The molecule has 1 aromatic carbocycles. The summed E-state index contributed by atoms with van der Waals surface area (Å²) in [6, 6.07) is 10.3. The second kappa shape index (κ2) is 9.56. The first-order chi connectivity index (χ1) is 17.2. The van der Waals surface area contributed by atoms with Crippen molar-refractivity contribution in [1.29, 1.82) is 0 Å². The molecule has 3 aliphatic rings. The van der Waals surface area contributed by atoms with E-state index in [0.29, 0.717) is 43.9 Å². The lowest BCUT2D eigenvalue weighted by atomic mass is 9.99. The van der Waals surface area contributed by atoms with Crippen molar-refractivity contribution in [3.8, 4) is 17.0 Å². The summed E-state index contributed by atoms with van der Waals surface area (Å²) in [6.07, 6.45) is 1.99. The normalized spacial score (nSPS) is 21.0. The summed E-state index contributed by atoms with van der Waals surface area (Å²) >= 11 is 0. The molecule has 1 unspecified atom stereocenters. The minimum Gasteiger partial charge on any atom is -0.493 e. The van der Waals surface area contributed by atoms with Crippen LogP contribution in [0.4, 0.5) is 11.8 Å². The van der Waals surface area contributed by atoms with Gasteiger partial charge >= 0.3 is 0 Å². The van der Waals surface area contributed by atoms with Crippen LogP contribution in [0.25, 0.3) is 22.3 Å². The van der Waals surface area contributed by atoms with Gasteiger partial charge in [-0.25, -0.2) is 4.98 Å². The molecule has 2 saturated heterocycles. The smallest absolute Gasteiger partial charge is 0.229 e. The molecule has 0 aliphatic carbocycles. The van der Waals surface area contributed by atoms with Crippen molar-refractivity contribution in [2.75, 3.05) is 63.0 Å². The molecular formula is C26H31N5O4. The number of fused-ring (bicyclic) bond motifs is 2. The average Bonchev–Trinajstić information content (AvgIpc) is 2.92. The van der Waals surface area contributed by atoms with Gasteiger partial charge in [-0.2, -0.15) is 9.97 Å². The molecule has 2 aromatic heterocycles. The van der Waals surface area contributed by atoms with Gasteiger partial charge in [-0.1, -0.05) is 0 Å². The molecule has 9 nitrogen and oxygen atoms in total. The Labute approximate surface area is 204 Å². The molecule has 0 bridgehead atoms. The third kappa shape index (κ3) is 4.39. The fourth-order valence-electron chi connectivity index (χ4n) is 5.09. The predicted octanol–water partition coefficient (Wildman–Crippen LogP) is 2.96. The summed E-state index contributed by atoms with van der Waals surface area (Å²) in [5.74, 6) is 2.33. The van der Waals surface area contributed by atoms with Crippen molar-refractivity contribution in [3.05, 3.63) is 35.9 Å². The van der Waals surface area contributed by atoms with Gasteiger partial charge < -0.3 is 29.1 Å². The molecule has 5 heterocycles. The van der Waals surface area contributed by atoms with Gasteiger partial charge in [-0.3, -0.25) is 0 Å². The number of pyridine rings is 1. The molecular weight excluding hydrogens is 446 g/mol. The van der Waals surface area contributed by atoms with Crippen LogP contribution in [0.5, 0.6) is 5.75 Å². The predicted molar refractivity (Wildman–Crippen MR) is 133 cm³/mol. The summed E-state index contributed by atoms with van der Waals surface area (Å²) in [5.41, 5.74) is 3.22. The van der Waals surface area contributed by atoms with Crippen LogP contribution in [0.2, 0.25) is 0 Å². The van der Waals surface area contributed by atoms with E-state index in [-0.39, 0.29) is 0 Å². The molecule has 0 spiro atoms. The van der Waals surface area contributed by atoms with Crippen LogP contribution >= 0.6 is 0 Å². The van der Waals surface area contributed by atoms with Crippen molar-refractivity contribution in [3.63, 3.8) is 0 Å². The molecule has 0 radical (unpaired) electrons. The molecule has 184 valence electrons. The van der Waals surface area contributed by atoms with Crippen LogP contribution in [-0.4, -0.2) is 79.3 Å². The highest BCUT2D eigenvalue weighted by atomic mass is 16.5. The molecule has 3 aromatic rings. The number of nitrogens with zero attached hydrogens (tertiary/aromatic N) is 5. The number of ether oxygens (including phenoxy) is 3. The van der Waals surface area contributed by atoms with E-state index in [9.17, 15) is 5.11 Å². The van der Waals surface area contributed by atoms with Crippen LogP contribution in [0.1, 0.15) is 30.9 Å². The van der Waals surface area contributed by atoms with Crippen LogP contribution in [0.3, 0.4) is 0 Å². The van der Waals surface area contributed by atoms with Crippen molar-refractivity contribution in [2.24, 2.45) is 0 Å². The Morgan fingerprint density at radius 3 is 2.54 bits per heavy atom. The van der Waals surface area contributed by atoms with E-state index in [1.165, 1.54) is 0 Å². The fraction of sp³-hybridized carbons (Fsp3) is 0.500. The van der Waals surface area contributed by atoms with Crippen molar-refractivity contribution >= 4 is 22.8 Å². The van der Waals surface area contributed by atoms with Gasteiger partial charge in [0.25, 0.3) is 0 Å². The van der Waals surface area contributed by atoms with Crippen LogP contribution < -0.4 is 14.5 Å². The molecule has 0 saturated carbocycles. The summed E-state index contributed by atoms with van der Waals surface area (Å²) in [6.45, 7) is 4.99. The quantitative estimate of drug-likeness (QED) is 0.609. The number of hydrogen-bond donors (Lipinski definition) is 1. The first-order valence-corrected chi connectivity index (χ1v) is 12.4. The maximum atomic E-state index is 10.5. The van der Waals surface area contributed by atoms with Crippen LogP contribution in [0, 0.1) is 0 Å². The van der Waals surface area contributed by atoms with Crippen molar-refractivity contribution in [2.45, 2.75) is 31.4 Å². The Hall–Kier alpha value is -3.01. The largest absolute Gasteiger partial charge is 0.493 e. The maximum absolute atomic E-state index is 10.5. The van der Waals surface area contributed by atoms with Gasteiger partial charge in [-0.05, 0) is 43.2 Å². The van der Waals surface area contributed by atoms with E-state index < -0.39 is 6.10 Å². The highest BCUT2D eigenvalue weighted by Gasteiger charge is 2.25. The number of aliphatic hydroxyl groups is 1. The van der Waals surface area contributed by atoms with E-state index >= 15 is 0 Å². The summed E-state index contributed by atoms with van der Waals surface area (Å²) in [5, 5.41) is 11.4. The van der Waals surface area contributed by atoms with Crippen molar-refractivity contribution in [1.82, 2.24) is 15.0 Å². The third-order valence-corrected chi connectivity index (χ3v) is 7.21. The first kappa shape index (κ1) is 22.5. The maximum Gasteiger partial charge on any atom is 0.229 e. The number of anilines is 2. The van der Waals surface area contributed by atoms with Gasteiger partial charge in [0.2, 0.25) is 5.95 Å². The monoisotopic (exact) mass is 477 g/mol. The molecule has 9 heteroatoms. The number of hydrogen-bond acceptors (Lipinski definition) is 9. The Kier molecular flexibility index (Phi) is 6.13. The highest BCUT2D eigenvalue weighted by molar-refractivity contribution is 5.90. The number of aromatic nitrogens is 3. The number of benzene rings is 1. The third-order valence-electron chi connectivity index (χ3n) is 7.21. The molecule has 3 aliphatic heterocycles. The summed E-state index contributed by atoms with van der Waals surface area (Å²) < 4.78 is 16.8. The molecule has 1 N–H and O–H groups in total. The van der Waals surface area contributed by atoms with E-state index in [4.69, 9.17) is 29.2 Å². The first-order valence-electron chi connectivity index (χ1n) is 12.4. The summed E-state index contributed by atoms with van der Waals surface area (Å²) in [4.78, 5) is 19.4. The Balaban J connectivity index is 1.43. The van der Waals surface area contributed by atoms with E-state index in [0.717, 1.165) is 72.9 Å². The Bertz CT molecular complexity index is 1210. The lowest BCUT2D eigenvalue weighted by molar-refractivity contribution is 0.0852. The molecule has 2 fully saturated rings. The second-order valence-corrected chi connectivity index (χ2v) is 9.37. The molecule has 1 atom stereocenters. The zero-order valence-corrected chi connectivity index (χ0v) is 20.0. The second-order valence-electron chi connectivity index (χ2n) is 9.37. The molecule has 6 rings (SSSR count). The fourth-order valence-corrected chi connectivity index (χ4v) is 5.09. The Morgan fingerprint density at radius 1 is 0.914 bits per heavy atom. The zero-order valence-electron chi connectivity index (χ0n) is 20.0. The molecule has 0 amide bonds. The lowest BCUT2D eigenvalue weighted by Crippen LogP contribution is -2.39. The van der Waals surface area contributed by atoms with Crippen molar-refractivity contribution < 1.29 is 19.3 Å². The van der Waals surface area contributed by atoms with E-state index in [1.807, 2.05) is 24.3 Å². The van der Waals surface area contributed by atoms with Crippen LogP contribution in [-0.2, 0) is 9.47 Å². The van der Waals surface area contributed by atoms with Gasteiger partial charge in [-0.15, -0.1) is 0 Å². The molecule has 35 heavy (non-hydrogen) atoms. The zero-order chi connectivity index (χ0) is 23.8. The van der Waals surface area contributed by atoms with Crippen LogP contribution in [0.15, 0.2) is 30.3 Å². The topological polar surface area (TPSA) is 93.1 Å². The van der Waals surface area contributed by atoms with Gasteiger partial charge in [0.05, 0.1) is 37.0 Å². The average molecular weight is 478 g/mol. The minimum atomic E-state index is -0.519. The minimum absolute atomic E-state index is 0.337. The standard InChI is InChI=1S/C26H31N5O4/c1-30(18-6-11-33-12-7-18)26-28-24-19(25(29-26)31-9-14-34-15-10-31)3-4-21(27-24)17-2-5-23-20(16-17)22(32)8-13-35-23/h2-5,16,18,22,32H,6-15H2,1H3.